The van der Waals surface area contributed by atoms with E-state index in [9.17, 15) is 14.7 Å². The Bertz CT molecular complexity index is 733. The second-order valence-corrected chi connectivity index (χ2v) is 10.1. The molecule has 2 atom stereocenters. The third-order valence-corrected chi connectivity index (χ3v) is 7.07. The Balaban J connectivity index is 1.68. The number of hydrogen-bond acceptors (Lipinski definition) is 3. The first-order valence-electron chi connectivity index (χ1n) is 13.8. The number of rotatable bonds is 17. The number of carbonyl (C=O) groups is 2. The van der Waals surface area contributed by atoms with E-state index >= 15 is 0 Å². The molecule has 1 amide bonds. The molecule has 5 heteroatoms. The number of carboxylic acid groups (broad SMARTS) is 1. The van der Waals surface area contributed by atoms with Gasteiger partial charge in [-0.25, -0.2) is 0 Å². The fraction of sp³-hybridized carbons (Fsp3) is 0.724. The van der Waals surface area contributed by atoms with Gasteiger partial charge in [0.25, 0.3) is 0 Å². The molecule has 0 bridgehead atoms. The van der Waals surface area contributed by atoms with Gasteiger partial charge in [-0.2, -0.15) is 0 Å². The summed E-state index contributed by atoms with van der Waals surface area (Å²) < 4.78 is 6.04. The van der Waals surface area contributed by atoms with Crippen molar-refractivity contribution in [3.05, 3.63) is 23.8 Å². The van der Waals surface area contributed by atoms with E-state index in [1.165, 1.54) is 64.2 Å². The molecule has 34 heavy (non-hydrogen) atoms. The molecule has 0 radical (unpaired) electrons. The second kappa shape index (κ2) is 16.6. The Labute approximate surface area is 207 Å². The van der Waals surface area contributed by atoms with Crippen LogP contribution in [0.25, 0.3) is 0 Å². The van der Waals surface area contributed by atoms with E-state index in [0.29, 0.717) is 30.9 Å². The zero-order chi connectivity index (χ0) is 24.6. The van der Waals surface area contributed by atoms with Crippen LogP contribution in [0, 0.1) is 18.8 Å². The van der Waals surface area contributed by atoms with Crippen LogP contribution in [0.1, 0.15) is 115 Å². The number of carboxylic acids is 1. The molecule has 0 aromatic heterocycles. The monoisotopic (exact) mass is 473 g/mol. The Morgan fingerprint density at radius 2 is 1.44 bits per heavy atom. The summed E-state index contributed by atoms with van der Waals surface area (Å²) in [6.45, 7) is 4.90. The number of anilines is 1. The van der Waals surface area contributed by atoms with Crippen molar-refractivity contribution in [1.82, 2.24) is 0 Å². The first kappa shape index (κ1) is 28.2. The molecule has 1 aromatic rings. The van der Waals surface area contributed by atoms with Gasteiger partial charge in [-0.05, 0) is 43.9 Å². The van der Waals surface area contributed by atoms with E-state index in [1.54, 1.807) is 0 Å². The van der Waals surface area contributed by atoms with Crippen molar-refractivity contribution in [3.8, 4) is 5.75 Å². The molecule has 2 rings (SSSR count). The third-order valence-electron chi connectivity index (χ3n) is 7.07. The van der Waals surface area contributed by atoms with Crippen LogP contribution in [0.4, 0.5) is 5.69 Å². The molecule has 5 nitrogen and oxygen atoms in total. The second-order valence-electron chi connectivity index (χ2n) is 10.1. The highest BCUT2D eigenvalue weighted by Crippen LogP contribution is 2.33. The minimum absolute atomic E-state index is 0.203. The molecule has 192 valence electrons. The van der Waals surface area contributed by atoms with Crippen LogP contribution in [0.2, 0.25) is 0 Å². The molecule has 2 N–H and O–H groups in total. The lowest BCUT2D eigenvalue weighted by molar-refractivity contribution is -0.147. The highest BCUT2D eigenvalue weighted by molar-refractivity contribution is 5.96. The molecule has 2 unspecified atom stereocenters. The molecule has 1 saturated carbocycles. The zero-order valence-corrected chi connectivity index (χ0v) is 21.6. The number of ether oxygens (including phenoxy) is 1. The van der Waals surface area contributed by atoms with E-state index < -0.39 is 17.8 Å². The average molecular weight is 474 g/mol. The van der Waals surface area contributed by atoms with E-state index in [4.69, 9.17) is 4.74 Å². The number of hydrogen-bond donors (Lipinski definition) is 2. The molecule has 0 aliphatic heterocycles. The maximum Gasteiger partial charge on any atom is 0.307 e. The predicted molar refractivity (Wildman–Crippen MR) is 139 cm³/mol. The van der Waals surface area contributed by atoms with Crippen LogP contribution in [-0.2, 0) is 9.59 Å². The molecule has 1 fully saturated rings. The zero-order valence-electron chi connectivity index (χ0n) is 21.6. The molecule has 0 heterocycles. The van der Waals surface area contributed by atoms with Gasteiger partial charge in [-0.15, -0.1) is 0 Å². The number of aryl methyl sites for hydroxylation is 1. The van der Waals surface area contributed by atoms with E-state index in [-0.39, 0.29) is 5.91 Å². The van der Waals surface area contributed by atoms with Crippen LogP contribution in [0.5, 0.6) is 5.75 Å². The summed E-state index contributed by atoms with van der Waals surface area (Å²) in [6.07, 6.45) is 18.6. The van der Waals surface area contributed by atoms with Crippen LogP contribution < -0.4 is 10.1 Å². The largest absolute Gasteiger partial charge is 0.491 e. The summed E-state index contributed by atoms with van der Waals surface area (Å²) in [5, 5.41) is 12.5. The highest BCUT2D eigenvalue weighted by Gasteiger charge is 2.35. The van der Waals surface area contributed by atoms with Gasteiger partial charge in [-0.1, -0.05) is 96.5 Å². The fourth-order valence-corrected chi connectivity index (χ4v) is 4.94. The van der Waals surface area contributed by atoms with Crippen LogP contribution in [-0.4, -0.2) is 23.6 Å². The Morgan fingerprint density at radius 1 is 0.882 bits per heavy atom. The van der Waals surface area contributed by atoms with Crippen molar-refractivity contribution in [3.63, 3.8) is 0 Å². The smallest absolute Gasteiger partial charge is 0.307 e. The van der Waals surface area contributed by atoms with Crippen LogP contribution >= 0.6 is 0 Å². The van der Waals surface area contributed by atoms with Crippen molar-refractivity contribution in [1.29, 1.82) is 0 Å². The summed E-state index contributed by atoms with van der Waals surface area (Å²) in [4.78, 5) is 24.5. The summed E-state index contributed by atoms with van der Waals surface area (Å²) in [5.41, 5.74) is 1.72. The van der Waals surface area contributed by atoms with E-state index in [1.807, 2.05) is 25.1 Å². The van der Waals surface area contributed by atoms with Gasteiger partial charge in [0.2, 0.25) is 5.91 Å². The Morgan fingerprint density at radius 3 is 2.03 bits per heavy atom. The normalized spacial score (nSPS) is 17.9. The number of nitrogens with one attached hydrogen (secondary N) is 1. The molecule has 1 aliphatic rings. The molecule has 1 aliphatic carbocycles. The first-order valence-corrected chi connectivity index (χ1v) is 13.8. The van der Waals surface area contributed by atoms with E-state index in [2.05, 4.69) is 12.2 Å². The number of unbranched alkanes of at least 4 members (excludes halogenated alkanes) is 11. The summed E-state index contributed by atoms with van der Waals surface area (Å²) in [5.74, 6) is -1.46. The maximum atomic E-state index is 12.9. The molecule has 0 saturated heterocycles. The topological polar surface area (TPSA) is 75.6 Å². The molecular weight excluding hydrogens is 426 g/mol. The van der Waals surface area contributed by atoms with Gasteiger partial charge >= 0.3 is 5.97 Å². The van der Waals surface area contributed by atoms with E-state index in [0.717, 1.165) is 31.2 Å². The summed E-state index contributed by atoms with van der Waals surface area (Å²) >= 11 is 0. The number of aliphatic carboxylic acids is 1. The number of carbonyl (C=O) groups excluding carboxylic acids is 1. The van der Waals surface area contributed by atoms with Crippen molar-refractivity contribution in [2.45, 2.75) is 117 Å². The Hall–Kier alpha value is -2.04. The van der Waals surface area contributed by atoms with Crippen LogP contribution in [0.3, 0.4) is 0 Å². The van der Waals surface area contributed by atoms with Crippen LogP contribution in [0.15, 0.2) is 18.2 Å². The summed E-state index contributed by atoms with van der Waals surface area (Å²) in [6, 6.07) is 5.76. The van der Waals surface area contributed by atoms with Gasteiger partial charge in [0.05, 0.1) is 24.1 Å². The first-order chi connectivity index (χ1) is 16.5. The standard InChI is InChI=1S/C29H47NO4/c1-3-4-5-6-7-8-9-10-11-12-13-16-21-34-27-22-23(2)19-20-26(27)30-28(31)24-17-14-15-18-25(24)29(32)33/h19-20,22,24-25H,3-18,21H2,1-2H3,(H,30,31)(H,32,33). The lowest BCUT2D eigenvalue weighted by Crippen LogP contribution is -2.36. The lowest BCUT2D eigenvalue weighted by Gasteiger charge is -2.27. The van der Waals surface area contributed by atoms with Gasteiger partial charge in [0.15, 0.2) is 0 Å². The minimum atomic E-state index is -0.868. The third kappa shape index (κ3) is 10.5. The predicted octanol–water partition coefficient (Wildman–Crippen LogP) is 7.90. The van der Waals surface area contributed by atoms with Crippen molar-refractivity contribution in [2.24, 2.45) is 11.8 Å². The summed E-state index contributed by atoms with van der Waals surface area (Å²) in [7, 11) is 0. The molecular formula is C29H47NO4. The van der Waals surface area contributed by atoms with Crippen molar-refractivity contribution < 1.29 is 19.4 Å². The SMILES string of the molecule is CCCCCCCCCCCCCCOc1cc(C)ccc1NC(=O)C1CCCCC1C(=O)O. The van der Waals surface area contributed by atoms with Crippen molar-refractivity contribution in [2.75, 3.05) is 11.9 Å². The Kier molecular flexibility index (Phi) is 13.7. The number of benzene rings is 1. The van der Waals surface area contributed by atoms with Gasteiger partial charge in [-0.3, -0.25) is 9.59 Å². The fourth-order valence-electron chi connectivity index (χ4n) is 4.94. The maximum absolute atomic E-state index is 12.9. The van der Waals surface area contributed by atoms with Gasteiger partial charge < -0.3 is 15.2 Å². The average Bonchev–Trinajstić information content (AvgIpc) is 2.83. The molecule has 0 spiro atoms. The number of amides is 1. The lowest BCUT2D eigenvalue weighted by atomic mass is 9.78. The van der Waals surface area contributed by atoms with Gasteiger partial charge in [0, 0.05) is 0 Å². The minimum Gasteiger partial charge on any atom is -0.491 e. The van der Waals surface area contributed by atoms with Crippen molar-refractivity contribution >= 4 is 17.6 Å². The quantitative estimate of drug-likeness (QED) is 0.225. The highest BCUT2D eigenvalue weighted by atomic mass is 16.5. The van der Waals surface area contributed by atoms with Gasteiger partial charge in [0.1, 0.15) is 5.75 Å². The molecule has 1 aromatic carbocycles.